The van der Waals surface area contributed by atoms with Crippen LogP contribution in [0, 0.1) is 0 Å². The Kier molecular flexibility index (Phi) is 10.4. The SMILES string of the molecule is Bc1c(B)c(B)c2c(c1B)c1c(B)c(-c3ccc4c(c3)c3c(-c5ccc(-c6ccccc6)cc5)cccc3n4-c3ccc(-c4ccccc4)cc3)c(B)c(B)c1n2-c1cccc(-c2ccccc2)c1. The Labute approximate surface area is 410 Å². The van der Waals surface area contributed by atoms with Gasteiger partial charge in [-0.15, -0.1) is 5.46 Å². The maximum Gasteiger partial charge on any atom is 0.141 e. The van der Waals surface area contributed by atoms with Crippen LogP contribution in [-0.2, 0) is 0 Å². The largest absolute Gasteiger partial charge is 0.310 e. The summed E-state index contributed by atoms with van der Waals surface area (Å²) in [5.74, 6) is 0. The van der Waals surface area contributed by atoms with Crippen LogP contribution in [0.4, 0.5) is 0 Å². The summed E-state index contributed by atoms with van der Waals surface area (Å²) < 4.78 is 5.05. The Morgan fingerprint density at radius 2 is 0.739 bits per heavy atom. The number of fused-ring (bicyclic) bond motifs is 6. The molecule has 318 valence electrons. The number of aromatic nitrogens is 2. The summed E-state index contributed by atoms with van der Waals surface area (Å²) in [7, 11) is 16.3. The second-order valence-electron chi connectivity index (χ2n) is 19.1. The van der Waals surface area contributed by atoms with Crippen LogP contribution in [0.3, 0.4) is 0 Å². The van der Waals surface area contributed by atoms with Gasteiger partial charge in [-0.3, -0.25) is 0 Å². The van der Waals surface area contributed by atoms with Crippen LogP contribution in [0.15, 0.2) is 200 Å². The predicted molar refractivity (Wildman–Crippen MR) is 320 cm³/mol. The van der Waals surface area contributed by atoms with Crippen LogP contribution in [0.25, 0.3) is 111 Å². The van der Waals surface area contributed by atoms with Gasteiger partial charge < -0.3 is 9.13 Å². The van der Waals surface area contributed by atoms with E-state index < -0.39 is 0 Å². The molecular weight excluding hydrogens is 824 g/mol. The molecule has 2 aromatic heterocycles. The van der Waals surface area contributed by atoms with Gasteiger partial charge >= 0.3 is 0 Å². The third-order valence-electron chi connectivity index (χ3n) is 15.5. The Morgan fingerprint density at radius 1 is 0.261 bits per heavy atom. The Bertz CT molecular complexity index is 3990. The van der Waals surface area contributed by atoms with Crippen molar-refractivity contribution in [3.8, 4) is 67.0 Å². The zero-order chi connectivity index (χ0) is 47.1. The fraction of sp³-hybridized carbons (Fsp3) is 0. The molecule has 0 aliphatic carbocycles. The first-order chi connectivity index (χ1) is 33.7. The zero-order valence-corrected chi connectivity index (χ0v) is 40.4. The molecule has 0 saturated carbocycles. The highest BCUT2D eigenvalue weighted by Gasteiger charge is 2.26. The molecular formula is C60H47B7N2. The van der Waals surface area contributed by atoms with E-state index in [0.717, 1.165) is 5.69 Å². The number of rotatable bonds is 7. The smallest absolute Gasteiger partial charge is 0.141 e. The number of hydrogen-bond acceptors (Lipinski definition) is 0. The van der Waals surface area contributed by atoms with E-state index >= 15 is 0 Å². The van der Waals surface area contributed by atoms with Gasteiger partial charge in [-0.1, -0.05) is 191 Å². The average Bonchev–Trinajstić information content (AvgIpc) is 3.94. The second-order valence-corrected chi connectivity index (χ2v) is 19.1. The lowest BCUT2D eigenvalue weighted by Crippen LogP contribution is -2.48. The van der Waals surface area contributed by atoms with Crippen LogP contribution in [0.2, 0.25) is 0 Å². The van der Waals surface area contributed by atoms with Gasteiger partial charge in [0.15, 0.2) is 0 Å². The molecule has 0 radical (unpaired) electrons. The van der Waals surface area contributed by atoms with E-state index in [4.69, 9.17) is 0 Å². The topological polar surface area (TPSA) is 9.86 Å². The molecule has 0 bridgehead atoms. The summed E-state index contributed by atoms with van der Waals surface area (Å²) in [5.41, 5.74) is 28.9. The standard InChI is InChI=1S/C60H47B7N2/c61-52-48(53(62)57(66)59-50(52)51-54(63)55(64)56(65)58(67)60(51)69(59)43-19-10-18-40(32-43)36-16-8-3-9-17-36)41-28-31-46-45(33-41)49-44(39-24-22-37(23-25-39)34-12-4-1-5-13-34)20-11-21-47(49)68(46)42-29-26-38(27-30-42)35-14-6-2-7-15-35/h1-33H,61-67H2. The normalized spacial score (nSPS) is 11.6. The molecule has 10 aromatic carbocycles. The van der Waals surface area contributed by atoms with Gasteiger partial charge in [0, 0.05) is 38.6 Å². The van der Waals surface area contributed by atoms with Crippen molar-refractivity contribution < 1.29 is 0 Å². The third-order valence-corrected chi connectivity index (χ3v) is 15.5. The first kappa shape index (κ1) is 42.6. The van der Waals surface area contributed by atoms with E-state index in [0.29, 0.717) is 0 Å². The average molecular weight is 872 g/mol. The highest BCUT2D eigenvalue weighted by Crippen LogP contribution is 2.41. The van der Waals surface area contributed by atoms with Gasteiger partial charge in [-0.05, 0) is 103 Å². The maximum absolute atomic E-state index is 2.58. The second kappa shape index (κ2) is 16.8. The molecule has 9 heteroatoms. The van der Waals surface area contributed by atoms with Crippen LogP contribution in [-0.4, -0.2) is 64.1 Å². The molecule has 2 nitrogen and oxygen atoms in total. The summed E-state index contributed by atoms with van der Waals surface area (Å²) in [6.45, 7) is 0. The number of nitrogens with zero attached hydrogens (tertiary/aromatic N) is 2. The summed E-state index contributed by atoms with van der Waals surface area (Å²) >= 11 is 0. The molecule has 2 heterocycles. The van der Waals surface area contributed by atoms with Gasteiger partial charge in [-0.2, -0.15) is 0 Å². The van der Waals surface area contributed by atoms with Crippen LogP contribution in [0.1, 0.15) is 0 Å². The van der Waals surface area contributed by atoms with E-state index in [-0.39, 0.29) is 0 Å². The minimum atomic E-state index is 1.14. The lowest BCUT2D eigenvalue weighted by Gasteiger charge is -2.19. The number of benzene rings is 10. The van der Waals surface area contributed by atoms with E-state index in [1.165, 1.54) is 143 Å². The fourth-order valence-corrected chi connectivity index (χ4v) is 11.5. The summed E-state index contributed by atoms with van der Waals surface area (Å²) in [5, 5.41) is 5.20. The Hall–Kier alpha value is -7.75. The molecule has 0 fully saturated rings. The molecule has 0 spiro atoms. The monoisotopic (exact) mass is 872 g/mol. The molecule has 0 N–H and O–H groups in total. The van der Waals surface area contributed by atoms with Crippen LogP contribution >= 0.6 is 0 Å². The Morgan fingerprint density at radius 3 is 1.36 bits per heavy atom. The van der Waals surface area contributed by atoms with Crippen molar-refractivity contribution in [2.45, 2.75) is 0 Å². The molecule has 0 amide bonds. The van der Waals surface area contributed by atoms with E-state index in [1.54, 1.807) is 0 Å². The van der Waals surface area contributed by atoms with E-state index in [2.05, 4.69) is 264 Å². The zero-order valence-electron chi connectivity index (χ0n) is 40.4. The van der Waals surface area contributed by atoms with Crippen molar-refractivity contribution >= 4 is 137 Å². The van der Waals surface area contributed by atoms with Gasteiger partial charge in [0.2, 0.25) is 0 Å². The summed E-state index contributed by atoms with van der Waals surface area (Å²) in [4.78, 5) is 0. The highest BCUT2D eigenvalue weighted by atomic mass is 15.0. The molecule has 69 heavy (non-hydrogen) atoms. The summed E-state index contributed by atoms with van der Waals surface area (Å²) in [6.07, 6.45) is 0. The van der Waals surface area contributed by atoms with Crippen molar-refractivity contribution in [2.75, 3.05) is 0 Å². The van der Waals surface area contributed by atoms with Crippen LogP contribution in [0.5, 0.6) is 0 Å². The molecule has 0 aliphatic heterocycles. The molecule has 0 unspecified atom stereocenters. The first-order valence-electron chi connectivity index (χ1n) is 24.3. The van der Waals surface area contributed by atoms with Gasteiger partial charge in [-0.25, -0.2) is 0 Å². The minimum Gasteiger partial charge on any atom is -0.310 e. The van der Waals surface area contributed by atoms with Gasteiger partial charge in [0.1, 0.15) is 54.9 Å². The van der Waals surface area contributed by atoms with Crippen molar-refractivity contribution in [1.82, 2.24) is 9.13 Å². The van der Waals surface area contributed by atoms with Crippen molar-refractivity contribution in [1.29, 1.82) is 0 Å². The van der Waals surface area contributed by atoms with Crippen molar-refractivity contribution in [3.63, 3.8) is 0 Å². The van der Waals surface area contributed by atoms with E-state index in [1.807, 2.05) is 0 Å². The highest BCUT2D eigenvalue weighted by molar-refractivity contribution is 6.69. The molecule has 0 atom stereocenters. The molecule has 0 aliphatic rings. The Balaban J connectivity index is 1.11. The lowest BCUT2D eigenvalue weighted by atomic mass is 9.64. The maximum atomic E-state index is 2.58. The van der Waals surface area contributed by atoms with Crippen LogP contribution < -0.4 is 38.2 Å². The molecule has 12 rings (SSSR count). The fourth-order valence-electron chi connectivity index (χ4n) is 11.5. The van der Waals surface area contributed by atoms with Gasteiger partial charge in [0.25, 0.3) is 0 Å². The van der Waals surface area contributed by atoms with E-state index in [9.17, 15) is 0 Å². The number of hydrogen-bond donors (Lipinski definition) is 0. The van der Waals surface area contributed by atoms with Crippen molar-refractivity contribution in [3.05, 3.63) is 200 Å². The summed E-state index contributed by atoms with van der Waals surface area (Å²) in [6, 6.07) is 73.5. The predicted octanol–water partition coefficient (Wildman–Crippen LogP) is 4.02. The molecule has 12 aromatic rings. The third kappa shape index (κ3) is 6.81. The van der Waals surface area contributed by atoms with Crippen molar-refractivity contribution in [2.24, 2.45) is 0 Å². The molecule has 0 saturated heterocycles. The quantitative estimate of drug-likeness (QED) is 0.215. The first-order valence-corrected chi connectivity index (χ1v) is 24.3. The van der Waals surface area contributed by atoms with Gasteiger partial charge in [0.05, 0.1) is 11.0 Å². The minimum absolute atomic E-state index is 1.14. The lowest BCUT2D eigenvalue weighted by molar-refractivity contribution is 1.18.